The maximum absolute atomic E-state index is 5.92. The van der Waals surface area contributed by atoms with Crippen LogP contribution in [0.1, 0.15) is 56.9 Å². The largest absolute Gasteiger partial charge is 0.330 e. The molecule has 1 heteroatoms. The predicted molar refractivity (Wildman–Crippen MR) is 85.7 cm³/mol. The lowest BCUT2D eigenvalue weighted by Gasteiger charge is -2.25. The van der Waals surface area contributed by atoms with Crippen molar-refractivity contribution in [2.24, 2.45) is 17.6 Å². The van der Waals surface area contributed by atoms with Gasteiger partial charge in [0.2, 0.25) is 0 Å². The van der Waals surface area contributed by atoms with Gasteiger partial charge in [0, 0.05) is 0 Å². The molecule has 0 saturated carbocycles. The zero-order chi connectivity index (χ0) is 14.8. The van der Waals surface area contributed by atoms with Crippen molar-refractivity contribution in [2.45, 2.75) is 60.3 Å². The molecule has 0 fully saturated rings. The minimum Gasteiger partial charge on any atom is -0.330 e. The maximum Gasteiger partial charge on any atom is -0.00432 e. The number of hydrogen-bond acceptors (Lipinski definition) is 1. The maximum atomic E-state index is 5.92. The van der Waals surface area contributed by atoms with E-state index in [1.54, 1.807) is 0 Å². The van der Waals surface area contributed by atoms with Crippen LogP contribution in [0.15, 0.2) is 12.1 Å². The standard InChI is InChI=1S/C18H31N/c1-12(2)15(11-19)10-17-13(3)8-16(9-14(17)4)18(5,6)7/h8-9,12,15H,10-11,19H2,1-7H3. The molecule has 108 valence electrons. The molecule has 0 aliphatic heterocycles. The van der Waals surface area contributed by atoms with Crippen LogP contribution in [0.4, 0.5) is 0 Å². The fourth-order valence-electron chi connectivity index (χ4n) is 2.60. The molecular weight excluding hydrogens is 230 g/mol. The van der Waals surface area contributed by atoms with E-state index in [0.717, 1.165) is 13.0 Å². The van der Waals surface area contributed by atoms with Crippen molar-refractivity contribution in [2.75, 3.05) is 6.54 Å². The normalized spacial score (nSPS) is 13.9. The van der Waals surface area contributed by atoms with Gasteiger partial charge in [-0.25, -0.2) is 0 Å². The quantitative estimate of drug-likeness (QED) is 0.855. The molecule has 1 unspecified atom stereocenters. The summed E-state index contributed by atoms with van der Waals surface area (Å²) in [5.41, 5.74) is 11.9. The molecule has 1 aromatic carbocycles. The summed E-state index contributed by atoms with van der Waals surface area (Å²) in [4.78, 5) is 0. The Labute approximate surface area is 119 Å². The van der Waals surface area contributed by atoms with Crippen molar-refractivity contribution in [3.63, 3.8) is 0 Å². The lowest BCUT2D eigenvalue weighted by atomic mass is 9.81. The topological polar surface area (TPSA) is 26.0 Å². The minimum atomic E-state index is 0.222. The summed E-state index contributed by atoms with van der Waals surface area (Å²) >= 11 is 0. The zero-order valence-electron chi connectivity index (χ0n) is 13.8. The van der Waals surface area contributed by atoms with Crippen LogP contribution in [-0.4, -0.2) is 6.54 Å². The SMILES string of the molecule is Cc1cc(C(C)(C)C)cc(C)c1CC(CN)C(C)C. The van der Waals surface area contributed by atoms with E-state index in [9.17, 15) is 0 Å². The highest BCUT2D eigenvalue weighted by Gasteiger charge is 2.19. The monoisotopic (exact) mass is 261 g/mol. The molecule has 0 saturated heterocycles. The Morgan fingerprint density at radius 1 is 1.05 bits per heavy atom. The molecule has 0 heterocycles. The first-order valence-electron chi connectivity index (χ1n) is 7.47. The minimum absolute atomic E-state index is 0.222. The second kappa shape index (κ2) is 6.09. The average molecular weight is 261 g/mol. The molecule has 1 rings (SSSR count). The summed E-state index contributed by atoms with van der Waals surface area (Å²) in [6.07, 6.45) is 1.11. The van der Waals surface area contributed by atoms with E-state index in [1.807, 2.05) is 0 Å². The van der Waals surface area contributed by atoms with Gasteiger partial charge in [-0.1, -0.05) is 46.8 Å². The second-order valence-electron chi connectivity index (χ2n) is 7.28. The third kappa shape index (κ3) is 4.07. The fourth-order valence-corrected chi connectivity index (χ4v) is 2.60. The summed E-state index contributed by atoms with van der Waals surface area (Å²) in [5.74, 6) is 1.23. The predicted octanol–water partition coefficient (Wildman–Crippen LogP) is 4.37. The van der Waals surface area contributed by atoms with Gasteiger partial charge < -0.3 is 5.73 Å². The summed E-state index contributed by atoms with van der Waals surface area (Å²) in [7, 11) is 0. The zero-order valence-corrected chi connectivity index (χ0v) is 13.8. The van der Waals surface area contributed by atoms with Crippen LogP contribution in [0.3, 0.4) is 0 Å². The van der Waals surface area contributed by atoms with Gasteiger partial charge in [-0.3, -0.25) is 0 Å². The first-order chi connectivity index (χ1) is 8.66. The van der Waals surface area contributed by atoms with Gasteiger partial charge in [0.1, 0.15) is 0 Å². The van der Waals surface area contributed by atoms with E-state index in [2.05, 4.69) is 60.6 Å². The summed E-state index contributed by atoms with van der Waals surface area (Å²) in [5, 5.41) is 0. The number of hydrogen-bond donors (Lipinski definition) is 1. The van der Waals surface area contributed by atoms with E-state index in [4.69, 9.17) is 5.73 Å². The highest BCUT2D eigenvalue weighted by atomic mass is 14.6. The molecule has 0 spiro atoms. The van der Waals surface area contributed by atoms with Crippen LogP contribution in [0.2, 0.25) is 0 Å². The number of benzene rings is 1. The molecule has 19 heavy (non-hydrogen) atoms. The summed E-state index contributed by atoms with van der Waals surface area (Å²) in [6.45, 7) is 16.6. The summed E-state index contributed by atoms with van der Waals surface area (Å²) < 4.78 is 0. The number of aryl methyl sites for hydroxylation is 2. The second-order valence-corrected chi connectivity index (χ2v) is 7.28. The van der Waals surface area contributed by atoms with Crippen molar-refractivity contribution in [3.05, 3.63) is 34.4 Å². The fraction of sp³-hybridized carbons (Fsp3) is 0.667. The average Bonchev–Trinajstić information content (AvgIpc) is 2.26. The van der Waals surface area contributed by atoms with Crippen LogP contribution >= 0.6 is 0 Å². The van der Waals surface area contributed by atoms with Crippen molar-refractivity contribution < 1.29 is 0 Å². The van der Waals surface area contributed by atoms with Gasteiger partial charge in [-0.05, 0) is 66.3 Å². The Bertz CT molecular complexity index is 401. The molecule has 1 atom stereocenters. The number of nitrogens with two attached hydrogens (primary N) is 1. The van der Waals surface area contributed by atoms with E-state index >= 15 is 0 Å². The van der Waals surface area contributed by atoms with E-state index in [1.165, 1.54) is 22.3 Å². The Morgan fingerprint density at radius 2 is 1.53 bits per heavy atom. The lowest BCUT2D eigenvalue weighted by molar-refractivity contribution is 0.390. The van der Waals surface area contributed by atoms with Gasteiger partial charge in [-0.2, -0.15) is 0 Å². The third-order valence-electron chi connectivity index (χ3n) is 4.27. The molecule has 0 bridgehead atoms. The van der Waals surface area contributed by atoms with Crippen LogP contribution < -0.4 is 5.73 Å². The third-order valence-corrected chi connectivity index (χ3v) is 4.27. The first kappa shape index (κ1) is 16.2. The van der Waals surface area contributed by atoms with Gasteiger partial charge in [0.05, 0.1) is 0 Å². The highest BCUT2D eigenvalue weighted by molar-refractivity contribution is 5.40. The lowest BCUT2D eigenvalue weighted by Crippen LogP contribution is -2.23. The highest BCUT2D eigenvalue weighted by Crippen LogP contribution is 2.29. The summed E-state index contributed by atoms with van der Waals surface area (Å²) in [6, 6.07) is 4.71. The van der Waals surface area contributed by atoms with E-state index < -0.39 is 0 Å². The first-order valence-corrected chi connectivity index (χ1v) is 7.47. The molecule has 0 radical (unpaired) electrons. The van der Waals surface area contributed by atoms with Gasteiger partial charge in [0.25, 0.3) is 0 Å². The van der Waals surface area contributed by atoms with E-state index in [-0.39, 0.29) is 5.41 Å². The molecular formula is C18H31N. The molecule has 0 aliphatic rings. The Morgan fingerprint density at radius 3 is 1.84 bits per heavy atom. The van der Waals surface area contributed by atoms with Gasteiger partial charge >= 0.3 is 0 Å². The Balaban J connectivity index is 3.11. The van der Waals surface area contributed by atoms with Gasteiger partial charge in [-0.15, -0.1) is 0 Å². The van der Waals surface area contributed by atoms with Crippen LogP contribution in [0.25, 0.3) is 0 Å². The molecule has 0 aliphatic carbocycles. The van der Waals surface area contributed by atoms with Crippen molar-refractivity contribution in [1.82, 2.24) is 0 Å². The van der Waals surface area contributed by atoms with E-state index in [0.29, 0.717) is 11.8 Å². The van der Waals surface area contributed by atoms with Crippen molar-refractivity contribution in [3.8, 4) is 0 Å². The smallest absolute Gasteiger partial charge is 0.00432 e. The Hall–Kier alpha value is -0.820. The molecule has 0 aromatic heterocycles. The molecule has 1 aromatic rings. The van der Waals surface area contributed by atoms with Gasteiger partial charge in [0.15, 0.2) is 0 Å². The van der Waals surface area contributed by atoms with Crippen molar-refractivity contribution in [1.29, 1.82) is 0 Å². The number of rotatable bonds is 4. The molecule has 0 amide bonds. The molecule has 2 N–H and O–H groups in total. The van der Waals surface area contributed by atoms with Crippen LogP contribution in [0.5, 0.6) is 0 Å². The van der Waals surface area contributed by atoms with Crippen LogP contribution in [0, 0.1) is 25.7 Å². The van der Waals surface area contributed by atoms with Crippen LogP contribution in [-0.2, 0) is 11.8 Å². The molecule has 1 nitrogen and oxygen atoms in total. The Kier molecular flexibility index (Phi) is 5.20. The van der Waals surface area contributed by atoms with Crippen molar-refractivity contribution >= 4 is 0 Å².